The number of thiol groups is 1. The van der Waals surface area contributed by atoms with Crippen molar-refractivity contribution in [3.63, 3.8) is 0 Å². The first-order valence-electron chi connectivity index (χ1n) is 23.4. The van der Waals surface area contributed by atoms with Crippen molar-refractivity contribution in [1.82, 2.24) is 14.4 Å². The molecule has 438 valence electrons. The number of pyridine rings is 1. The molecule has 37 heteroatoms. The zero-order valence-corrected chi connectivity index (χ0v) is 49.7. The predicted octanol–water partition coefficient (Wildman–Crippen LogP) is 10.8. The number of nitriles is 1. The van der Waals surface area contributed by atoms with Gasteiger partial charge < -0.3 is 14.6 Å². The number of azo groups is 3. The van der Waals surface area contributed by atoms with E-state index in [0.717, 1.165) is 11.8 Å². The minimum Gasteiger partial charge on any atom is -0.493 e. The number of rotatable bonds is 23. The lowest BCUT2D eigenvalue weighted by molar-refractivity contribution is 0.313. The van der Waals surface area contributed by atoms with E-state index in [9.17, 15) is 75.2 Å². The van der Waals surface area contributed by atoms with E-state index in [2.05, 4.69) is 59.4 Å². The van der Waals surface area contributed by atoms with Crippen molar-refractivity contribution in [2.75, 3.05) is 36.2 Å². The molecule has 0 atom stereocenters. The number of para-hydroxylation sites is 2. The maximum Gasteiger partial charge on any atom is 0.298 e. The lowest BCUT2D eigenvalue weighted by Gasteiger charge is -2.15. The number of aromatic nitrogens is 3. The number of nitrogens with zero attached hydrogens (tertiary/aromatic N) is 10. The van der Waals surface area contributed by atoms with Crippen LogP contribution >= 0.6 is 47.3 Å². The first kappa shape index (κ1) is 62.5. The number of halogens is 1. The van der Waals surface area contributed by atoms with Gasteiger partial charge in [-0.15, -0.1) is 42.4 Å². The highest BCUT2D eigenvalue weighted by Crippen LogP contribution is 2.49. The van der Waals surface area contributed by atoms with Crippen molar-refractivity contribution in [2.24, 2.45) is 30.7 Å². The molecule has 0 aliphatic carbocycles. The van der Waals surface area contributed by atoms with E-state index >= 15 is 0 Å². The SMILES string of the molecule is Cc1cc(N=Nc2cc(OCCCS(=O)(=O)O)c(N=Nc3c(C)c(C#N)c4nc5ccccc5n4c3O)cc2Cl)c(SCCCS(=O)(=O)O)cc1N=Nc1nc2c(OCCCS)c(S(=O)(=O)O)c3cc(S(=O)(=O)O)cc(S(=O)(=O)O)c3c2s1. The van der Waals surface area contributed by atoms with E-state index in [-0.39, 0.29) is 115 Å². The fourth-order valence-electron chi connectivity index (χ4n) is 8.03. The molecular weight excluding hydrogens is 1270 g/mol. The fraction of sp³-hybridized carbons (Fsp3) is 0.239. The molecule has 0 aliphatic rings. The van der Waals surface area contributed by atoms with Gasteiger partial charge in [0.05, 0.1) is 61.7 Å². The van der Waals surface area contributed by atoms with Crippen LogP contribution in [0.5, 0.6) is 17.4 Å². The second kappa shape index (κ2) is 24.6. The van der Waals surface area contributed by atoms with Crippen LogP contribution in [0.4, 0.5) is 33.6 Å². The second-order valence-electron chi connectivity index (χ2n) is 17.5. The van der Waals surface area contributed by atoms with E-state index in [1.54, 1.807) is 31.2 Å². The number of fused-ring (bicyclic) bond motifs is 6. The second-order valence-corrected chi connectivity index (χ2v) is 27.8. The Kier molecular flexibility index (Phi) is 18.5. The molecule has 5 aromatic carbocycles. The lowest BCUT2D eigenvalue weighted by atomic mass is 10.1. The molecule has 8 rings (SSSR count). The number of benzene rings is 5. The Hall–Kier alpha value is -6.57. The molecule has 0 saturated carbocycles. The van der Waals surface area contributed by atoms with Gasteiger partial charge in [0.1, 0.15) is 44.1 Å². The van der Waals surface area contributed by atoms with Crippen molar-refractivity contribution in [3.8, 4) is 23.4 Å². The number of ether oxygens (including phenoxy) is 2. The number of thiazole rings is 1. The summed E-state index contributed by atoms with van der Waals surface area (Å²) in [6.45, 7) is 2.53. The molecule has 0 aliphatic heterocycles. The van der Waals surface area contributed by atoms with Gasteiger partial charge in [0.2, 0.25) is 11.0 Å². The van der Waals surface area contributed by atoms with E-state index in [4.69, 9.17) is 21.1 Å². The first-order valence-corrected chi connectivity index (χ1v) is 33.8. The molecular formula is C46H41ClN10O18S8. The summed E-state index contributed by atoms with van der Waals surface area (Å²) in [4.78, 5) is 5.57. The molecule has 0 radical (unpaired) electrons. The Morgan fingerprint density at radius 3 is 2.07 bits per heavy atom. The molecule has 0 saturated heterocycles. The van der Waals surface area contributed by atoms with Crippen LogP contribution in [0, 0.1) is 25.2 Å². The zero-order chi connectivity index (χ0) is 60.6. The summed E-state index contributed by atoms with van der Waals surface area (Å²) >= 11 is 12.5. The normalized spacial score (nSPS) is 13.0. The van der Waals surface area contributed by atoms with Gasteiger partial charge in [-0.1, -0.05) is 35.1 Å². The summed E-state index contributed by atoms with van der Waals surface area (Å²) < 4.78 is 185. The Morgan fingerprint density at radius 2 is 1.41 bits per heavy atom. The van der Waals surface area contributed by atoms with Crippen LogP contribution in [0.2, 0.25) is 5.02 Å². The quantitative estimate of drug-likeness (QED) is 0.0103. The number of hydrogen-bond donors (Lipinski definition) is 7. The molecule has 0 spiro atoms. The third-order valence-electron chi connectivity index (χ3n) is 11.7. The standard InChI is InChI=1S/C46H41ClN10O18S8/c1-23-16-33(54-52-31-20-35(74-11-6-14-79(59,60)61)32(19-28(31)47)53-55-39-24(2)27(22-48)44-49-29-8-3-4-9-34(29)57(44)45(39)58)36(77-13-7-15-80(62,63)64)21-30(23)51-56-46-50-40-41(75-10-5-12-76)43(83(71,72)73)26-17-25(81(65,66)67)18-37(82(68,69)70)38(26)42(40)78-46/h3-4,8-9,16-21,58,76H,5-7,10-15H2,1-2H3,(H,59,60,61)(H,62,63,64)(H,65,66,67)(H,68,69,70)(H,71,72,73). The number of hydrogen-bond acceptors (Lipinski definition) is 25. The zero-order valence-electron chi connectivity index (χ0n) is 42.4. The Morgan fingerprint density at radius 1 is 0.747 bits per heavy atom. The Balaban J connectivity index is 1.22. The van der Waals surface area contributed by atoms with Crippen LogP contribution in [0.1, 0.15) is 36.0 Å². The minimum absolute atomic E-state index is 0.0583. The van der Waals surface area contributed by atoms with Crippen LogP contribution in [0.25, 0.3) is 37.7 Å². The van der Waals surface area contributed by atoms with E-state index in [1.807, 2.05) is 0 Å². The van der Waals surface area contributed by atoms with Crippen LogP contribution in [-0.4, -0.2) is 121 Å². The summed E-state index contributed by atoms with van der Waals surface area (Å²) in [5.74, 6) is -2.19. The summed E-state index contributed by atoms with van der Waals surface area (Å²) in [6, 6.07) is 15.3. The smallest absolute Gasteiger partial charge is 0.298 e. The van der Waals surface area contributed by atoms with Crippen LogP contribution in [0.3, 0.4) is 0 Å². The van der Waals surface area contributed by atoms with Gasteiger partial charge in [-0.2, -0.15) is 60.0 Å². The van der Waals surface area contributed by atoms with Gasteiger partial charge in [0.15, 0.2) is 17.1 Å². The molecule has 28 nitrogen and oxygen atoms in total. The Bertz CT molecular complexity index is 4710. The fourth-order valence-corrected chi connectivity index (χ4v) is 13.7. The van der Waals surface area contributed by atoms with Crippen molar-refractivity contribution >= 4 is 169 Å². The maximum atomic E-state index is 13.1. The number of aryl methyl sites for hydroxylation is 1. The maximum absolute atomic E-state index is 13.1. The average Bonchev–Trinajstić information content (AvgIpc) is 2.22. The largest absolute Gasteiger partial charge is 0.493 e. The molecule has 6 N–H and O–H groups in total. The number of thioether (sulfide) groups is 1. The summed E-state index contributed by atoms with van der Waals surface area (Å²) in [6.07, 6.45) is -0.0743. The average molecular weight is 1310 g/mol. The van der Waals surface area contributed by atoms with E-state index in [0.29, 0.717) is 40.1 Å². The lowest BCUT2D eigenvalue weighted by Crippen LogP contribution is -2.10. The van der Waals surface area contributed by atoms with Crippen molar-refractivity contribution < 1.29 is 79.4 Å². The van der Waals surface area contributed by atoms with Gasteiger partial charge in [-0.05, 0) is 92.6 Å². The summed E-state index contributed by atoms with van der Waals surface area (Å²) in [5.41, 5.74) is 1.32. The topological polar surface area (TPSA) is 439 Å². The van der Waals surface area contributed by atoms with Gasteiger partial charge in [0, 0.05) is 27.3 Å². The van der Waals surface area contributed by atoms with Crippen LogP contribution in [0.15, 0.2) is 111 Å². The van der Waals surface area contributed by atoms with Gasteiger partial charge >= 0.3 is 0 Å². The third-order valence-corrected chi connectivity index (χ3v) is 18.6. The third kappa shape index (κ3) is 14.3. The minimum atomic E-state index is -5.47. The highest BCUT2D eigenvalue weighted by Gasteiger charge is 2.33. The van der Waals surface area contributed by atoms with Gasteiger partial charge in [0.25, 0.3) is 50.6 Å². The monoisotopic (exact) mass is 1310 g/mol. The molecule has 3 aromatic heterocycles. The first-order chi connectivity index (χ1) is 38.9. The number of imidazole rings is 1. The van der Waals surface area contributed by atoms with Crippen molar-refractivity contribution in [3.05, 3.63) is 82.4 Å². The molecule has 0 bridgehead atoms. The summed E-state index contributed by atoms with van der Waals surface area (Å²) in [5, 5.41) is 45.6. The highest BCUT2D eigenvalue weighted by atomic mass is 35.5. The summed E-state index contributed by atoms with van der Waals surface area (Å²) in [7, 11) is -25.0. The van der Waals surface area contributed by atoms with Crippen molar-refractivity contribution in [2.45, 2.75) is 52.7 Å². The molecule has 8 aromatic rings. The van der Waals surface area contributed by atoms with E-state index in [1.165, 1.54) is 35.6 Å². The molecule has 0 fully saturated rings. The van der Waals surface area contributed by atoms with Crippen molar-refractivity contribution in [1.29, 1.82) is 5.26 Å². The molecule has 0 amide bonds. The molecule has 0 unspecified atom stereocenters. The predicted molar refractivity (Wildman–Crippen MR) is 308 cm³/mol. The van der Waals surface area contributed by atoms with Gasteiger partial charge in [-0.25, -0.2) is 9.97 Å². The number of aromatic hydroxyl groups is 1. The molecule has 3 heterocycles. The van der Waals surface area contributed by atoms with Crippen LogP contribution < -0.4 is 9.47 Å². The van der Waals surface area contributed by atoms with E-state index < -0.39 is 105 Å². The highest BCUT2D eigenvalue weighted by molar-refractivity contribution is 7.99. The van der Waals surface area contributed by atoms with Crippen LogP contribution in [-0.2, 0) is 50.6 Å². The Labute approximate surface area is 490 Å². The van der Waals surface area contributed by atoms with Gasteiger partial charge in [-0.3, -0.25) is 27.2 Å². The molecule has 83 heavy (non-hydrogen) atoms.